The van der Waals surface area contributed by atoms with Gasteiger partial charge in [-0.05, 0) is 76.9 Å². The molecule has 0 aliphatic carbocycles. The van der Waals surface area contributed by atoms with Crippen molar-refractivity contribution in [3.63, 3.8) is 0 Å². The Hall–Kier alpha value is -2.40. The lowest BCUT2D eigenvalue weighted by Gasteiger charge is -2.26. The van der Waals surface area contributed by atoms with Crippen molar-refractivity contribution in [1.29, 1.82) is 0 Å². The summed E-state index contributed by atoms with van der Waals surface area (Å²) in [6.07, 6.45) is -3.25. The number of alkyl halides is 3. The zero-order valence-corrected chi connectivity index (χ0v) is 46.3. The third-order valence-electron chi connectivity index (χ3n) is 8.53. The summed E-state index contributed by atoms with van der Waals surface area (Å²) < 4.78 is 104. The molecule has 2 fully saturated rings. The van der Waals surface area contributed by atoms with Gasteiger partial charge >= 0.3 is 53.9 Å². The van der Waals surface area contributed by atoms with Gasteiger partial charge in [-0.25, -0.2) is 18.9 Å². The summed E-state index contributed by atoms with van der Waals surface area (Å²) in [5.74, 6) is -1.23. The van der Waals surface area contributed by atoms with E-state index in [4.69, 9.17) is 63.0 Å². The van der Waals surface area contributed by atoms with Crippen LogP contribution in [0.15, 0.2) is 48.5 Å². The van der Waals surface area contributed by atoms with E-state index in [1.165, 1.54) is 27.4 Å². The van der Waals surface area contributed by atoms with E-state index in [1.54, 1.807) is 32.9 Å². The van der Waals surface area contributed by atoms with Gasteiger partial charge in [-0.15, -0.1) is 0 Å². The van der Waals surface area contributed by atoms with E-state index in [0.29, 0.717) is 11.5 Å². The normalized spacial score (nSPS) is 18.3. The number of benzene rings is 2. The highest BCUT2D eigenvalue weighted by atomic mass is 35.6. The molecule has 29 heteroatoms. The van der Waals surface area contributed by atoms with Crippen molar-refractivity contribution in [2.24, 2.45) is 0 Å². The Kier molecular flexibility index (Phi) is 30.0. The molecule has 0 amide bonds. The monoisotopic (exact) mass is 1140 g/mol. The van der Waals surface area contributed by atoms with Gasteiger partial charge in [-0.1, -0.05) is 59.1 Å². The Morgan fingerprint density at radius 1 is 0.671 bits per heavy atom. The standard InChI is InChI=1S/C17H26NO6P.C11H15NO2.C7H12Cl3O7PS.C6H13O5P/c1-4-22-17(19)14(2)23-25(3,20)24-16-7-5-6-15(12-16)13-18-8-10-21-11-9-18;13-11-3-1-2-10(8-11)9-12-4-6-14-7-5-12;1-4-15-6(11)5(2)16-18(3,12)17-19(13,14)7(8,9)10;1-4-10-6(7)5(2)11-12(3,8)9/h5-7,12,14H,4,8-11,13H2,1-3H3;1-3,8,13H,4-7,9H2;5H,4H2,1-3H3;5H,4H2,1-3H3,(H,8,9). The lowest BCUT2D eigenvalue weighted by molar-refractivity contribution is -0.151. The highest BCUT2D eigenvalue weighted by Gasteiger charge is 2.44. The third-order valence-corrected chi connectivity index (χ3v) is 15.3. The van der Waals surface area contributed by atoms with Gasteiger partial charge in [-0.2, -0.15) is 12.4 Å². The number of esters is 3. The zero-order valence-electron chi connectivity index (χ0n) is 40.6. The van der Waals surface area contributed by atoms with Crippen LogP contribution in [0.4, 0.5) is 0 Å². The smallest absolute Gasteiger partial charge is 0.376 e. The average molecular weight is 1140 g/mol. The van der Waals surface area contributed by atoms with Gasteiger partial charge in [0.05, 0.1) is 46.2 Å². The van der Waals surface area contributed by atoms with Crippen molar-refractivity contribution in [2.75, 3.05) is 92.4 Å². The summed E-state index contributed by atoms with van der Waals surface area (Å²) >= 11 is 15.4. The van der Waals surface area contributed by atoms with E-state index >= 15 is 0 Å². The van der Waals surface area contributed by atoms with Crippen LogP contribution >= 0.6 is 57.6 Å². The minimum absolute atomic E-state index is 0.0772. The molecule has 2 aliphatic rings. The second-order valence-corrected chi connectivity index (χ2v) is 25.6. The molecule has 2 aliphatic heterocycles. The summed E-state index contributed by atoms with van der Waals surface area (Å²) in [5, 5.41) is 9.30. The predicted molar refractivity (Wildman–Crippen MR) is 262 cm³/mol. The number of morpholine rings is 2. The molecule has 2 heterocycles. The Morgan fingerprint density at radius 2 is 1.06 bits per heavy atom. The van der Waals surface area contributed by atoms with Gasteiger partial charge in [-0.3, -0.25) is 32.5 Å². The molecule has 6 unspecified atom stereocenters. The Labute approximate surface area is 425 Å². The van der Waals surface area contributed by atoms with Gasteiger partial charge < -0.3 is 38.2 Å². The van der Waals surface area contributed by atoms with E-state index in [1.807, 2.05) is 36.4 Å². The quantitative estimate of drug-likeness (QED) is 0.0577. The Bertz CT molecular complexity index is 2170. The van der Waals surface area contributed by atoms with Gasteiger partial charge in [0.15, 0.2) is 18.3 Å². The molecule has 402 valence electrons. The minimum Gasteiger partial charge on any atom is -0.508 e. The number of phenols is 1. The van der Waals surface area contributed by atoms with Crippen LogP contribution in [0.5, 0.6) is 11.5 Å². The number of phenolic OH excluding ortho intramolecular Hbond substituents is 1. The predicted octanol–water partition coefficient (Wildman–Crippen LogP) is 7.13. The molecule has 0 radical (unpaired) electrons. The summed E-state index contributed by atoms with van der Waals surface area (Å²) in [6, 6.07) is 14.8. The maximum absolute atomic E-state index is 12.5. The Balaban J connectivity index is 0.000000486. The van der Waals surface area contributed by atoms with Gasteiger partial charge in [0.1, 0.15) is 11.5 Å². The second kappa shape index (κ2) is 32.0. The summed E-state index contributed by atoms with van der Waals surface area (Å²) in [6.45, 7) is 21.2. The largest absolute Gasteiger partial charge is 0.508 e. The van der Waals surface area contributed by atoms with Gasteiger partial charge in [0, 0.05) is 59.3 Å². The van der Waals surface area contributed by atoms with Crippen molar-refractivity contribution in [3.05, 3.63) is 59.7 Å². The third kappa shape index (κ3) is 28.7. The van der Waals surface area contributed by atoms with Gasteiger partial charge in [0.2, 0.25) is 0 Å². The minimum atomic E-state index is -4.78. The molecule has 70 heavy (non-hydrogen) atoms. The summed E-state index contributed by atoms with van der Waals surface area (Å²) in [5.41, 5.74) is 2.21. The van der Waals surface area contributed by atoms with Crippen LogP contribution in [0.3, 0.4) is 0 Å². The molecule has 6 atom stereocenters. The number of rotatable bonds is 20. The molecule has 0 saturated carbocycles. The topological polar surface area (TPSA) is 276 Å². The van der Waals surface area contributed by atoms with Crippen molar-refractivity contribution in [3.8, 4) is 11.5 Å². The first-order valence-corrected chi connectivity index (χ1v) is 30.2. The lowest BCUT2D eigenvalue weighted by Crippen LogP contribution is -2.35. The van der Waals surface area contributed by atoms with Gasteiger partial charge in [0.25, 0.3) is 0 Å². The van der Waals surface area contributed by atoms with Crippen LogP contribution in [0.25, 0.3) is 0 Å². The van der Waals surface area contributed by atoms with Crippen LogP contribution < -0.4 is 4.52 Å². The SMILES string of the molecule is CCOC(=O)C(C)OP(C)(=O)O.CCOC(=O)C(C)OP(C)(=O)OS(=O)(=O)C(Cl)(Cl)Cl.CCOC(=O)C(C)OP(C)(=O)Oc1cccc(CN2CCOCC2)c1.Oc1cccc(CN2CCOCC2)c1. The fourth-order valence-electron chi connectivity index (χ4n) is 5.62. The van der Waals surface area contributed by atoms with Crippen molar-refractivity contribution in [2.45, 2.75) is 76.1 Å². The molecule has 2 aromatic rings. The average Bonchev–Trinajstić information content (AvgIpc) is 3.23. The summed E-state index contributed by atoms with van der Waals surface area (Å²) in [4.78, 5) is 47.0. The van der Waals surface area contributed by atoms with E-state index < -0.39 is 72.2 Å². The summed E-state index contributed by atoms with van der Waals surface area (Å²) in [7, 11) is -16.0. The second-order valence-electron chi connectivity index (χ2n) is 15.0. The molecule has 0 aromatic heterocycles. The highest BCUT2D eigenvalue weighted by molar-refractivity contribution is 7.96. The molecular formula is C41H66Cl3N2O20P3S. The molecule has 0 spiro atoms. The number of halogens is 3. The van der Waals surface area contributed by atoms with E-state index in [0.717, 1.165) is 90.2 Å². The number of hydrogen-bond donors (Lipinski definition) is 2. The molecule has 0 bridgehead atoms. The molecule has 2 N–H and O–H groups in total. The molecular weight excluding hydrogens is 1070 g/mol. The van der Waals surface area contributed by atoms with Crippen LogP contribution in [0, 0.1) is 0 Å². The highest BCUT2D eigenvalue weighted by Crippen LogP contribution is 2.51. The number of aromatic hydroxyl groups is 1. The molecule has 4 rings (SSSR count). The van der Waals surface area contributed by atoms with Crippen LogP contribution in [-0.2, 0) is 92.5 Å². The van der Waals surface area contributed by atoms with Crippen molar-refractivity contribution in [1.82, 2.24) is 9.80 Å². The number of carbonyl (C=O) groups is 3. The van der Waals surface area contributed by atoms with E-state index in [9.17, 15) is 41.6 Å². The molecule has 2 aromatic carbocycles. The fraction of sp³-hybridized carbons (Fsp3) is 0.634. The fourth-order valence-corrected chi connectivity index (χ4v) is 10.8. The zero-order chi connectivity index (χ0) is 53.3. The van der Waals surface area contributed by atoms with Crippen LogP contribution in [-0.4, -0.2) is 160 Å². The number of hydrogen-bond acceptors (Lipinski definition) is 21. The first kappa shape index (κ1) is 65.6. The maximum Gasteiger partial charge on any atom is 0.376 e. The maximum atomic E-state index is 12.5. The van der Waals surface area contributed by atoms with E-state index in [2.05, 4.69) is 32.3 Å². The van der Waals surface area contributed by atoms with Crippen LogP contribution in [0.2, 0.25) is 0 Å². The Morgan fingerprint density at radius 3 is 1.44 bits per heavy atom. The molecule has 22 nitrogen and oxygen atoms in total. The number of carbonyl (C=O) groups excluding carboxylic acids is 3. The number of ether oxygens (including phenoxy) is 5. The van der Waals surface area contributed by atoms with E-state index in [-0.39, 0.29) is 19.8 Å². The lowest BCUT2D eigenvalue weighted by atomic mass is 10.2. The first-order valence-electron chi connectivity index (χ1n) is 21.6. The van der Waals surface area contributed by atoms with Crippen molar-refractivity contribution >= 4 is 85.6 Å². The van der Waals surface area contributed by atoms with Crippen molar-refractivity contribution < 1.29 is 92.2 Å². The molecule has 2 saturated heterocycles. The van der Waals surface area contributed by atoms with Crippen LogP contribution in [0.1, 0.15) is 52.7 Å². The number of nitrogens with zero attached hydrogens (tertiary/aromatic N) is 2. The first-order chi connectivity index (χ1) is 32.4.